The summed E-state index contributed by atoms with van der Waals surface area (Å²) in [7, 11) is -3.44. The van der Waals surface area contributed by atoms with E-state index in [1.54, 1.807) is 13.8 Å². The molecule has 0 aromatic rings. The normalized spacial score (nSPS) is 10.9. The van der Waals surface area contributed by atoms with Gasteiger partial charge in [-0.2, -0.15) is 0 Å². The van der Waals surface area contributed by atoms with Crippen LogP contribution in [0.1, 0.15) is 20.8 Å². The Hall–Kier alpha value is -1.17. The molecule has 0 atom stereocenters. The topological polar surface area (TPSA) is 88.1 Å². The van der Waals surface area contributed by atoms with Gasteiger partial charge in [-0.3, -0.25) is 9.36 Å². The Balaban J connectivity index is 4.28. The molecular weight excluding hydrogens is 275 g/mol. The summed E-state index contributed by atoms with van der Waals surface area (Å²) in [4.78, 5) is 22.0. The zero-order chi connectivity index (χ0) is 14.9. The third kappa shape index (κ3) is 7.77. The molecule has 7 nitrogen and oxygen atoms in total. The van der Waals surface area contributed by atoms with Gasteiger partial charge in [0, 0.05) is 6.92 Å². The predicted molar refractivity (Wildman–Crippen MR) is 67.6 cm³/mol. The first-order valence-electron chi connectivity index (χ1n) is 5.71. The summed E-state index contributed by atoms with van der Waals surface area (Å²) in [5.41, 5.74) is -0.0604. The summed E-state index contributed by atoms with van der Waals surface area (Å²) in [6, 6.07) is 0. The smallest absolute Gasteiger partial charge is 0.367 e. The minimum atomic E-state index is -3.44. The van der Waals surface area contributed by atoms with E-state index in [1.807, 2.05) is 0 Å². The fraction of sp³-hybridized carbons (Fsp3) is 0.636. The lowest BCUT2D eigenvalue weighted by Crippen LogP contribution is -2.15. The molecule has 0 amide bonds. The lowest BCUT2D eigenvalue weighted by atomic mass is 10.3. The van der Waals surface area contributed by atoms with Gasteiger partial charge in [-0.05, 0) is 13.8 Å². The lowest BCUT2D eigenvalue weighted by molar-refractivity contribution is -0.142. The van der Waals surface area contributed by atoms with Crippen molar-refractivity contribution in [2.75, 3.05) is 26.2 Å². The van der Waals surface area contributed by atoms with E-state index >= 15 is 0 Å². The molecule has 0 saturated heterocycles. The Kier molecular flexibility index (Phi) is 8.30. The second-order valence-electron chi connectivity index (χ2n) is 3.39. The van der Waals surface area contributed by atoms with Crippen LogP contribution in [0.15, 0.2) is 12.2 Å². The summed E-state index contributed by atoms with van der Waals surface area (Å²) in [6.45, 7) is 7.96. The maximum absolute atomic E-state index is 12.0. The standard InChI is InChI=1S/C11H19O7P/c1-5-17-19(14,18-6-2)8-16-11(13)9(3)7-15-10(4)12/h3,5-8H2,1-2,4H3. The van der Waals surface area contributed by atoms with Gasteiger partial charge in [0.05, 0.1) is 18.8 Å². The van der Waals surface area contributed by atoms with Gasteiger partial charge >= 0.3 is 19.5 Å². The van der Waals surface area contributed by atoms with Crippen LogP contribution in [-0.4, -0.2) is 38.1 Å². The molecule has 0 aliphatic carbocycles. The highest BCUT2D eigenvalue weighted by Crippen LogP contribution is 2.47. The fourth-order valence-electron chi connectivity index (χ4n) is 0.993. The molecule has 8 heteroatoms. The van der Waals surface area contributed by atoms with E-state index in [1.165, 1.54) is 6.92 Å². The zero-order valence-corrected chi connectivity index (χ0v) is 12.2. The number of carbonyl (C=O) groups is 2. The van der Waals surface area contributed by atoms with Crippen LogP contribution in [-0.2, 0) is 32.7 Å². The van der Waals surface area contributed by atoms with Crippen LogP contribution in [0, 0.1) is 0 Å². The first-order chi connectivity index (χ1) is 8.84. The number of hydrogen-bond donors (Lipinski definition) is 0. The quantitative estimate of drug-likeness (QED) is 0.364. The molecule has 0 aromatic carbocycles. The Labute approximate surface area is 112 Å². The van der Waals surface area contributed by atoms with E-state index in [0.29, 0.717) is 0 Å². The molecule has 0 bridgehead atoms. The van der Waals surface area contributed by atoms with Gasteiger partial charge < -0.3 is 18.5 Å². The van der Waals surface area contributed by atoms with Gasteiger partial charge in [0.25, 0.3) is 0 Å². The average Bonchev–Trinajstić information content (AvgIpc) is 2.33. The third-order valence-electron chi connectivity index (χ3n) is 1.74. The van der Waals surface area contributed by atoms with Crippen LogP contribution < -0.4 is 0 Å². The Morgan fingerprint density at radius 1 is 1.11 bits per heavy atom. The van der Waals surface area contributed by atoms with Crippen LogP contribution in [0.3, 0.4) is 0 Å². The van der Waals surface area contributed by atoms with E-state index in [9.17, 15) is 14.2 Å². The van der Waals surface area contributed by atoms with Gasteiger partial charge in [-0.15, -0.1) is 0 Å². The Morgan fingerprint density at radius 2 is 1.63 bits per heavy atom. The van der Waals surface area contributed by atoms with Crippen molar-refractivity contribution in [1.82, 2.24) is 0 Å². The second-order valence-corrected chi connectivity index (χ2v) is 5.39. The van der Waals surface area contributed by atoms with Gasteiger partial charge in [0.1, 0.15) is 6.61 Å². The van der Waals surface area contributed by atoms with Crippen LogP contribution in [0.5, 0.6) is 0 Å². The van der Waals surface area contributed by atoms with Crippen LogP contribution >= 0.6 is 7.60 Å². The highest BCUT2D eigenvalue weighted by Gasteiger charge is 2.26. The summed E-state index contributed by atoms with van der Waals surface area (Å²) >= 11 is 0. The molecule has 0 rings (SSSR count). The predicted octanol–water partition coefficient (Wildman–Crippen LogP) is 1.87. The van der Waals surface area contributed by atoms with Crippen molar-refractivity contribution in [2.24, 2.45) is 0 Å². The molecule has 0 N–H and O–H groups in total. The Bertz CT molecular complexity index is 367. The van der Waals surface area contributed by atoms with E-state index in [0.717, 1.165) is 0 Å². The average molecular weight is 294 g/mol. The van der Waals surface area contributed by atoms with Crippen molar-refractivity contribution < 1.29 is 32.7 Å². The second kappa shape index (κ2) is 8.85. The highest BCUT2D eigenvalue weighted by molar-refractivity contribution is 7.53. The number of rotatable bonds is 9. The molecule has 0 spiro atoms. The fourth-order valence-corrected chi connectivity index (χ4v) is 2.28. The first kappa shape index (κ1) is 17.8. The van der Waals surface area contributed by atoms with Gasteiger partial charge in [0.15, 0.2) is 6.35 Å². The summed E-state index contributed by atoms with van der Waals surface area (Å²) in [5.74, 6) is -1.36. The van der Waals surface area contributed by atoms with Gasteiger partial charge in [-0.25, -0.2) is 4.79 Å². The van der Waals surface area contributed by atoms with E-state index in [-0.39, 0.29) is 25.4 Å². The van der Waals surface area contributed by atoms with Crippen molar-refractivity contribution >= 4 is 19.5 Å². The minimum Gasteiger partial charge on any atom is -0.461 e. The maximum Gasteiger partial charge on any atom is 0.367 e. The largest absolute Gasteiger partial charge is 0.461 e. The monoisotopic (exact) mass is 294 g/mol. The third-order valence-corrected chi connectivity index (χ3v) is 3.49. The molecule has 0 saturated carbocycles. The molecule has 0 radical (unpaired) electrons. The number of ether oxygens (including phenoxy) is 2. The van der Waals surface area contributed by atoms with Crippen molar-refractivity contribution in [3.63, 3.8) is 0 Å². The molecule has 0 aliphatic heterocycles. The molecule has 0 unspecified atom stereocenters. The van der Waals surface area contributed by atoms with Gasteiger partial charge in [-0.1, -0.05) is 6.58 Å². The molecule has 110 valence electrons. The molecule has 0 fully saturated rings. The molecule has 19 heavy (non-hydrogen) atoms. The van der Waals surface area contributed by atoms with Crippen molar-refractivity contribution in [2.45, 2.75) is 20.8 Å². The summed E-state index contributed by atoms with van der Waals surface area (Å²) in [5, 5.41) is 0. The van der Waals surface area contributed by atoms with Crippen molar-refractivity contribution in [3.05, 3.63) is 12.2 Å². The molecule has 0 aromatic heterocycles. The number of hydrogen-bond acceptors (Lipinski definition) is 7. The Morgan fingerprint density at radius 3 is 2.05 bits per heavy atom. The molecule has 0 heterocycles. The minimum absolute atomic E-state index is 0.0604. The van der Waals surface area contributed by atoms with Crippen molar-refractivity contribution in [3.8, 4) is 0 Å². The zero-order valence-electron chi connectivity index (χ0n) is 11.3. The van der Waals surface area contributed by atoms with E-state index < -0.39 is 25.9 Å². The van der Waals surface area contributed by atoms with Crippen LogP contribution in [0.25, 0.3) is 0 Å². The maximum atomic E-state index is 12.0. The summed E-state index contributed by atoms with van der Waals surface area (Å²) < 4.78 is 31.2. The summed E-state index contributed by atoms with van der Waals surface area (Å²) in [6.07, 6.45) is -0.507. The number of carbonyl (C=O) groups excluding carboxylic acids is 2. The highest BCUT2D eigenvalue weighted by atomic mass is 31.2. The molecular formula is C11H19O7P. The number of esters is 2. The van der Waals surface area contributed by atoms with Crippen LogP contribution in [0.4, 0.5) is 0 Å². The molecule has 0 aliphatic rings. The van der Waals surface area contributed by atoms with E-state index in [2.05, 4.69) is 11.3 Å². The lowest BCUT2D eigenvalue weighted by Gasteiger charge is -2.16. The van der Waals surface area contributed by atoms with Crippen LogP contribution in [0.2, 0.25) is 0 Å². The first-order valence-corrected chi connectivity index (χ1v) is 7.43. The van der Waals surface area contributed by atoms with E-state index in [4.69, 9.17) is 13.8 Å². The van der Waals surface area contributed by atoms with Crippen molar-refractivity contribution in [1.29, 1.82) is 0 Å². The SMILES string of the molecule is C=C(COC(C)=O)C(=O)OCP(=O)(OCC)OCC. The van der Waals surface area contributed by atoms with Gasteiger partial charge in [0.2, 0.25) is 0 Å².